The van der Waals surface area contributed by atoms with Crippen LogP contribution in [0.15, 0.2) is 10.7 Å². The van der Waals surface area contributed by atoms with Crippen LogP contribution < -0.4 is 11.5 Å². The summed E-state index contributed by atoms with van der Waals surface area (Å²) < 4.78 is 25.1. The first kappa shape index (κ1) is 10.3. The third-order valence-electron chi connectivity index (χ3n) is 1.62. The van der Waals surface area contributed by atoms with E-state index in [1.807, 2.05) is 0 Å². The highest BCUT2D eigenvalue weighted by Gasteiger charge is 2.16. The van der Waals surface area contributed by atoms with Gasteiger partial charge in [-0.25, -0.2) is 8.78 Å². The molecule has 0 aliphatic rings. The molecule has 0 atom stereocenters. The van der Waals surface area contributed by atoms with E-state index >= 15 is 0 Å². The third-order valence-corrected chi connectivity index (χ3v) is 2.30. The predicted octanol–water partition coefficient (Wildman–Crippen LogP) is 1.82. The predicted molar refractivity (Wildman–Crippen MR) is 49.2 cm³/mol. The number of alkyl halides is 2. The van der Waals surface area contributed by atoms with Gasteiger partial charge < -0.3 is 11.5 Å². The lowest BCUT2D eigenvalue weighted by Gasteiger charge is -2.09. The number of aromatic nitrogens is 1. The fourth-order valence-electron chi connectivity index (χ4n) is 0.938. The number of rotatable bonds is 2. The molecule has 0 unspecified atom stereocenters. The van der Waals surface area contributed by atoms with Gasteiger partial charge in [-0.05, 0) is 15.9 Å². The van der Waals surface area contributed by atoms with E-state index in [9.17, 15) is 8.78 Å². The highest BCUT2D eigenvalue weighted by Crippen LogP contribution is 2.29. The van der Waals surface area contributed by atoms with E-state index < -0.39 is 12.1 Å². The van der Waals surface area contributed by atoms with Crippen LogP contribution in [0.25, 0.3) is 0 Å². The van der Waals surface area contributed by atoms with E-state index in [0.29, 0.717) is 10.0 Å². The smallest absolute Gasteiger partial charge is 0.282 e. The molecule has 0 amide bonds. The summed E-state index contributed by atoms with van der Waals surface area (Å²) in [6.07, 6.45) is -1.39. The first-order valence-corrected chi connectivity index (χ1v) is 4.28. The van der Waals surface area contributed by atoms with Crippen LogP contribution in [-0.4, -0.2) is 4.98 Å². The molecule has 0 radical (unpaired) electrons. The number of hydrogen-bond acceptors (Lipinski definition) is 3. The first-order chi connectivity index (χ1) is 6.07. The molecule has 0 aliphatic heterocycles. The second-order valence-electron chi connectivity index (χ2n) is 2.39. The maximum absolute atomic E-state index is 12.3. The molecule has 1 rings (SSSR count). The zero-order valence-corrected chi connectivity index (χ0v) is 8.18. The molecule has 1 aromatic rings. The van der Waals surface area contributed by atoms with E-state index in [2.05, 4.69) is 20.9 Å². The van der Waals surface area contributed by atoms with E-state index in [0.717, 1.165) is 0 Å². The van der Waals surface area contributed by atoms with Crippen LogP contribution in [0.1, 0.15) is 17.7 Å². The Morgan fingerprint density at radius 1 is 1.54 bits per heavy atom. The number of anilines is 1. The number of nitrogens with zero attached hydrogens (tertiary/aromatic N) is 1. The number of halogens is 3. The van der Waals surface area contributed by atoms with Crippen molar-refractivity contribution in [2.75, 3.05) is 5.73 Å². The molecule has 4 N–H and O–H groups in total. The van der Waals surface area contributed by atoms with Crippen LogP contribution in [-0.2, 0) is 6.54 Å². The van der Waals surface area contributed by atoms with Gasteiger partial charge in [-0.2, -0.15) is 0 Å². The summed E-state index contributed by atoms with van der Waals surface area (Å²) in [4.78, 5) is 3.51. The van der Waals surface area contributed by atoms with E-state index in [-0.39, 0.29) is 12.2 Å². The van der Waals surface area contributed by atoms with Crippen molar-refractivity contribution in [3.63, 3.8) is 0 Å². The van der Waals surface area contributed by atoms with Gasteiger partial charge in [-0.15, -0.1) is 0 Å². The number of nitrogens with two attached hydrogens (primary N) is 2. The van der Waals surface area contributed by atoms with Crippen molar-refractivity contribution in [1.29, 1.82) is 0 Å². The van der Waals surface area contributed by atoms with Crippen molar-refractivity contribution < 1.29 is 8.78 Å². The quantitative estimate of drug-likeness (QED) is 0.843. The molecule has 0 saturated carbocycles. The summed E-state index contributed by atoms with van der Waals surface area (Å²) in [6, 6.07) is 0. The maximum atomic E-state index is 12.3. The monoisotopic (exact) mass is 251 g/mol. The van der Waals surface area contributed by atoms with Gasteiger partial charge in [-0.1, -0.05) is 0 Å². The summed E-state index contributed by atoms with van der Waals surface area (Å²) in [5.41, 5.74) is 10.8. The van der Waals surface area contributed by atoms with Gasteiger partial charge in [0.2, 0.25) is 0 Å². The second-order valence-corrected chi connectivity index (χ2v) is 3.24. The molecule has 13 heavy (non-hydrogen) atoms. The molecule has 0 aliphatic carbocycles. The highest BCUT2D eigenvalue weighted by molar-refractivity contribution is 9.10. The van der Waals surface area contributed by atoms with Gasteiger partial charge in [-0.3, -0.25) is 4.98 Å². The van der Waals surface area contributed by atoms with E-state index in [1.165, 1.54) is 6.20 Å². The zero-order chi connectivity index (χ0) is 10.0. The SMILES string of the molecule is NCc1c(Br)cnc(C(F)F)c1N. The molecule has 0 saturated heterocycles. The maximum Gasteiger partial charge on any atom is 0.282 e. The molecule has 6 heteroatoms. The van der Waals surface area contributed by atoms with Crippen LogP contribution in [0.3, 0.4) is 0 Å². The van der Waals surface area contributed by atoms with Gasteiger partial charge in [0.05, 0.1) is 5.69 Å². The van der Waals surface area contributed by atoms with Crippen molar-refractivity contribution >= 4 is 21.6 Å². The van der Waals surface area contributed by atoms with Gasteiger partial charge >= 0.3 is 0 Å². The summed E-state index contributed by atoms with van der Waals surface area (Å²) in [6.45, 7) is 0.106. The van der Waals surface area contributed by atoms with Crippen LogP contribution >= 0.6 is 15.9 Å². The van der Waals surface area contributed by atoms with Gasteiger partial charge in [0.25, 0.3) is 6.43 Å². The molecule has 0 aromatic carbocycles. The minimum atomic E-state index is -2.67. The van der Waals surface area contributed by atoms with Crippen molar-refractivity contribution in [3.05, 3.63) is 21.9 Å². The van der Waals surface area contributed by atoms with E-state index in [4.69, 9.17) is 11.5 Å². The zero-order valence-electron chi connectivity index (χ0n) is 6.60. The van der Waals surface area contributed by atoms with Gasteiger partial charge in [0.15, 0.2) is 0 Å². The lowest BCUT2D eigenvalue weighted by Crippen LogP contribution is -2.07. The molecule has 1 heterocycles. The molecule has 72 valence electrons. The van der Waals surface area contributed by atoms with Crippen molar-refractivity contribution in [2.45, 2.75) is 13.0 Å². The van der Waals surface area contributed by atoms with Crippen molar-refractivity contribution in [2.24, 2.45) is 5.73 Å². The van der Waals surface area contributed by atoms with Gasteiger partial charge in [0.1, 0.15) is 5.69 Å². The minimum absolute atomic E-state index is 0.0353. The molecule has 0 bridgehead atoms. The Balaban J connectivity index is 3.27. The number of pyridine rings is 1. The molecule has 3 nitrogen and oxygen atoms in total. The van der Waals surface area contributed by atoms with Crippen molar-refractivity contribution in [3.8, 4) is 0 Å². The Morgan fingerprint density at radius 2 is 2.15 bits per heavy atom. The first-order valence-electron chi connectivity index (χ1n) is 3.49. The Bertz CT molecular complexity index is 317. The molecule has 0 spiro atoms. The van der Waals surface area contributed by atoms with Crippen LogP contribution in [0.2, 0.25) is 0 Å². The Morgan fingerprint density at radius 3 is 2.62 bits per heavy atom. The highest BCUT2D eigenvalue weighted by atomic mass is 79.9. The fraction of sp³-hybridized carbons (Fsp3) is 0.286. The summed E-state index contributed by atoms with van der Waals surface area (Å²) >= 11 is 3.12. The average Bonchev–Trinajstić information content (AvgIpc) is 2.04. The average molecular weight is 252 g/mol. The molecule has 0 fully saturated rings. The normalized spacial score (nSPS) is 10.8. The minimum Gasteiger partial charge on any atom is -0.397 e. The van der Waals surface area contributed by atoms with Crippen molar-refractivity contribution in [1.82, 2.24) is 4.98 Å². The topological polar surface area (TPSA) is 64.9 Å². The lowest BCUT2D eigenvalue weighted by molar-refractivity contribution is 0.147. The summed E-state index contributed by atoms with van der Waals surface area (Å²) in [5, 5.41) is 0. The Hall–Kier alpha value is -0.750. The Kier molecular flexibility index (Phi) is 3.16. The van der Waals surface area contributed by atoms with Crippen LogP contribution in [0.5, 0.6) is 0 Å². The largest absolute Gasteiger partial charge is 0.397 e. The third kappa shape index (κ3) is 1.94. The molecule has 1 aromatic heterocycles. The standard InChI is InChI=1S/C7H8BrF2N3/c8-4-2-13-6(7(9)10)5(12)3(4)1-11/h2,7H,1,11-12H2. The van der Waals surface area contributed by atoms with Crippen LogP contribution in [0, 0.1) is 0 Å². The van der Waals surface area contributed by atoms with Crippen LogP contribution in [0.4, 0.5) is 14.5 Å². The lowest BCUT2D eigenvalue weighted by atomic mass is 10.2. The number of hydrogen-bond donors (Lipinski definition) is 2. The number of nitrogen functional groups attached to an aromatic ring is 1. The summed E-state index contributed by atoms with van der Waals surface area (Å²) in [7, 11) is 0. The van der Waals surface area contributed by atoms with E-state index in [1.54, 1.807) is 0 Å². The molecular weight excluding hydrogens is 244 g/mol. The molecular formula is C7H8BrF2N3. The second kappa shape index (κ2) is 3.97. The Labute approximate surface area is 82.3 Å². The fourth-order valence-corrected chi connectivity index (χ4v) is 1.42. The summed E-state index contributed by atoms with van der Waals surface area (Å²) in [5.74, 6) is 0. The van der Waals surface area contributed by atoms with Gasteiger partial charge in [0, 0.05) is 22.8 Å².